The summed E-state index contributed by atoms with van der Waals surface area (Å²) < 4.78 is 11.3. The minimum atomic E-state index is -0.513. The van der Waals surface area contributed by atoms with Gasteiger partial charge in [0.1, 0.15) is 11.3 Å². The predicted octanol–water partition coefficient (Wildman–Crippen LogP) is 1.69. The first-order chi connectivity index (χ1) is 9.17. The summed E-state index contributed by atoms with van der Waals surface area (Å²) in [4.78, 5) is 27.5. The Balaban J connectivity index is 2.45. The second kappa shape index (κ2) is 5.51. The number of pyridine rings is 1. The first kappa shape index (κ1) is 13.1. The molecule has 0 unspecified atom stereocenters. The van der Waals surface area contributed by atoms with Gasteiger partial charge in [-0.25, -0.2) is 14.6 Å². The van der Waals surface area contributed by atoms with Crippen molar-refractivity contribution in [3.05, 3.63) is 35.8 Å². The molecule has 0 amide bonds. The van der Waals surface area contributed by atoms with Crippen molar-refractivity contribution in [1.82, 2.24) is 9.38 Å². The van der Waals surface area contributed by atoms with Gasteiger partial charge in [0.05, 0.1) is 13.2 Å². The Bertz CT molecular complexity index is 618. The molecule has 0 aromatic carbocycles. The van der Waals surface area contributed by atoms with Crippen LogP contribution in [0.1, 0.15) is 34.8 Å². The Hall–Kier alpha value is -2.37. The number of fused-ring (bicyclic) bond motifs is 1. The molecule has 6 heteroatoms. The van der Waals surface area contributed by atoms with Crippen LogP contribution in [0.5, 0.6) is 0 Å². The number of nitrogens with zero attached hydrogens (tertiary/aromatic N) is 2. The highest BCUT2D eigenvalue weighted by atomic mass is 16.5. The van der Waals surface area contributed by atoms with E-state index in [4.69, 9.17) is 9.47 Å². The Morgan fingerprint density at radius 1 is 1.16 bits per heavy atom. The van der Waals surface area contributed by atoms with E-state index in [2.05, 4.69) is 4.98 Å². The van der Waals surface area contributed by atoms with E-state index in [1.165, 1.54) is 10.6 Å². The Kier molecular flexibility index (Phi) is 3.79. The smallest absolute Gasteiger partial charge is 0.358 e. The molecule has 19 heavy (non-hydrogen) atoms. The summed E-state index contributed by atoms with van der Waals surface area (Å²) in [5.74, 6) is -0.970. The minimum Gasteiger partial charge on any atom is -0.461 e. The van der Waals surface area contributed by atoms with E-state index >= 15 is 0 Å². The summed E-state index contributed by atoms with van der Waals surface area (Å²) in [6, 6.07) is 5.00. The van der Waals surface area contributed by atoms with Crippen LogP contribution in [0.25, 0.3) is 5.65 Å². The number of esters is 2. The van der Waals surface area contributed by atoms with Crippen molar-refractivity contribution in [3.8, 4) is 0 Å². The first-order valence-electron chi connectivity index (χ1n) is 5.99. The molecule has 6 nitrogen and oxygen atoms in total. The maximum absolute atomic E-state index is 11.8. The second-order valence-electron chi connectivity index (χ2n) is 3.71. The van der Waals surface area contributed by atoms with Gasteiger partial charge >= 0.3 is 11.9 Å². The zero-order chi connectivity index (χ0) is 13.8. The average Bonchev–Trinajstić information content (AvgIpc) is 2.82. The molecule has 2 aromatic rings. The second-order valence-corrected chi connectivity index (χ2v) is 3.71. The number of carbonyl (C=O) groups excluding carboxylic acids is 2. The van der Waals surface area contributed by atoms with Crippen LogP contribution >= 0.6 is 0 Å². The lowest BCUT2D eigenvalue weighted by atomic mass is 10.3. The highest BCUT2D eigenvalue weighted by Gasteiger charge is 2.16. The topological polar surface area (TPSA) is 69.9 Å². The average molecular weight is 262 g/mol. The summed E-state index contributed by atoms with van der Waals surface area (Å²) in [5, 5.41) is 0. The van der Waals surface area contributed by atoms with Crippen LogP contribution in [0.4, 0.5) is 0 Å². The van der Waals surface area contributed by atoms with Crippen molar-refractivity contribution in [3.63, 3.8) is 0 Å². The lowest BCUT2D eigenvalue weighted by molar-refractivity contribution is 0.0506. The summed E-state index contributed by atoms with van der Waals surface area (Å²) in [6.45, 7) is 4.01. The zero-order valence-electron chi connectivity index (χ0n) is 10.8. The molecule has 0 saturated carbocycles. The lowest BCUT2D eigenvalue weighted by Crippen LogP contribution is -2.09. The minimum absolute atomic E-state index is 0.165. The zero-order valence-corrected chi connectivity index (χ0v) is 10.8. The third kappa shape index (κ3) is 2.57. The number of carbonyl (C=O) groups is 2. The number of imidazole rings is 1. The van der Waals surface area contributed by atoms with Gasteiger partial charge in [-0.1, -0.05) is 6.07 Å². The van der Waals surface area contributed by atoms with Crippen molar-refractivity contribution in [2.45, 2.75) is 13.8 Å². The number of rotatable bonds is 4. The normalized spacial score (nSPS) is 10.4. The van der Waals surface area contributed by atoms with E-state index < -0.39 is 11.9 Å². The van der Waals surface area contributed by atoms with Gasteiger partial charge in [-0.05, 0) is 26.0 Å². The molecule has 0 N–H and O–H groups in total. The van der Waals surface area contributed by atoms with Gasteiger partial charge in [0, 0.05) is 6.20 Å². The van der Waals surface area contributed by atoms with Crippen LogP contribution in [0.2, 0.25) is 0 Å². The third-order valence-corrected chi connectivity index (χ3v) is 2.46. The van der Waals surface area contributed by atoms with Gasteiger partial charge in [0.25, 0.3) is 0 Å². The monoisotopic (exact) mass is 262 g/mol. The SMILES string of the molecule is CCOC(=O)c1cn2c(C(=O)OCC)cccc2n1. The Labute approximate surface area is 110 Å². The van der Waals surface area contributed by atoms with Gasteiger partial charge in [-0.2, -0.15) is 0 Å². The molecule has 0 bridgehead atoms. The molecule has 2 heterocycles. The standard InChI is InChI=1S/C13H14N2O4/c1-3-18-12(16)9-8-15-10(13(17)19-4-2)6-5-7-11(15)14-9/h5-8H,3-4H2,1-2H3. The van der Waals surface area contributed by atoms with Crippen molar-refractivity contribution in [1.29, 1.82) is 0 Å². The molecule has 2 aromatic heterocycles. The van der Waals surface area contributed by atoms with E-state index in [1.54, 1.807) is 32.0 Å². The quantitative estimate of drug-likeness (QED) is 0.784. The number of ether oxygens (including phenoxy) is 2. The largest absolute Gasteiger partial charge is 0.461 e. The van der Waals surface area contributed by atoms with Gasteiger partial charge in [-0.15, -0.1) is 0 Å². The van der Waals surface area contributed by atoms with Crippen molar-refractivity contribution >= 4 is 17.6 Å². The first-order valence-corrected chi connectivity index (χ1v) is 5.99. The maximum Gasteiger partial charge on any atom is 0.358 e. The molecule has 0 fully saturated rings. The van der Waals surface area contributed by atoms with Crippen LogP contribution in [0, 0.1) is 0 Å². The van der Waals surface area contributed by atoms with Gasteiger partial charge in [0.2, 0.25) is 0 Å². The van der Waals surface area contributed by atoms with Gasteiger partial charge in [0.15, 0.2) is 5.69 Å². The fourth-order valence-corrected chi connectivity index (χ4v) is 1.69. The lowest BCUT2D eigenvalue weighted by Gasteiger charge is -2.03. The molecular weight excluding hydrogens is 248 g/mol. The number of aromatic nitrogens is 2. The van der Waals surface area contributed by atoms with Crippen LogP contribution in [0.15, 0.2) is 24.4 Å². The molecule has 0 atom stereocenters. The van der Waals surface area contributed by atoms with E-state index in [9.17, 15) is 9.59 Å². The Morgan fingerprint density at radius 2 is 1.84 bits per heavy atom. The fourth-order valence-electron chi connectivity index (χ4n) is 1.69. The Morgan fingerprint density at radius 3 is 2.53 bits per heavy atom. The number of hydrogen-bond donors (Lipinski definition) is 0. The van der Waals surface area contributed by atoms with Crippen LogP contribution in [-0.2, 0) is 9.47 Å². The van der Waals surface area contributed by atoms with Gasteiger partial charge in [-0.3, -0.25) is 4.40 Å². The molecule has 0 radical (unpaired) electrons. The number of hydrogen-bond acceptors (Lipinski definition) is 5. The summed E-state index contributed by atoms with van der Waals surface area (Å²) in [6.07, 6.45) is 1.47. The highest BCUT2D eigenvalue weighted by Crippen LogP contribution is 2.11. The van der Waals surface area contributed by atoms with Crippen LogP contribution in [-0.4, -0.2) is 34.5 Å². The molecule has 0 aliphatic heterocycles. The summed E-state index contributed by atoms with van der Waals surface area (Å²) >= 11 is 0. The molecule has 0 aliphatic rings. The van der Waals surface area contributed by atoms with E-state index in [0.717, 1.165) is 0 Å². The van der Waals surface area contributed by atoms with Crippen molar-refractivity contribution < 1.29 is 19.1 Å². The van der Waals surface area contributed by atoms with E-state index in [0.29, 0.717) is 11.3 Å². The molecule has 0 aliphatic carbocycles. The highest BCUT2D eigenvalue weighted by molar-refractivity contribution is 5.91. The van der Waals surface area contributed by atoms with Crippen molar-refractivity contribution in [2.24, 2.45) is 0 Å². The molecule has 0 spiro atoms. The van der Waals surface area contributed by atoms with E-state index in [-0.39, 0.29) is 18.9 Å². The maximum atomic E-state index is 11.8. The third-order valence-electron chi connectivity index (χ3n) is 2.46. The summed E-state index contributed by atoms with van der Waals surface area (Å²) in [5.41, 5.74) is 0.981. The molecule has 0 saturated heterocycles. The fraction of sp³-hybridized carbons (Fsp3) is 0.308. The van der Waals surface area contributed by atoms with Crippen LogP contribution in [0.3, 0.4) is 0 Å². The molecule has 100 valence electrons. The van der Waals surface area contributed by atoms with Crippen molar-refractivity contribution in [2.75, 3.05) is 13.2 Å². The molecule has 2 rings (SSSR count). The summed E-state index contributed by atoms with van der Waals surface area (Å²) in [7, 11) is 0. The van der Waals surface area contributed by atoms with Gasteiger partial charge < -0.3 is 9.47 Å². The predicted molar refractivity (Wildman–Crippen MR) is 67.1 cm³/mol. The molecular formula is C13H14N2O4. The van der Waals surface area contributed by atoms with E-state index in [1.807, 2.05) is 0 Å². The van der Waals surface area contributed by atoms with Crippen LogP contribution < -0.4 is 0 Å².